The maximum atomic E-state index is 13.2. The van der Waals surface area contributed by atoms with Crippen molar-refractivity contribution in [3.05, 3.63) is 34.5 Å². The van der Waals surface area contributed by atoms with Crippen LogP contribution in [0.15, 0.2) is 18.2 Å². The van der Waals surface area contributed by atoms with Gasteiger partial charge >= 0.3 is 0 Å². The summed E-state index contributed by atoms with van der Waals surface area (Å²) < 4.78 is 14.4. The van der Waals surface area contributed by atoms with Crippen molar-refractivity contribution in [1.82, 2.24) is 0 Å². The van der Waals surface area contributed by atoms with Crippen LogP contribution in [0.5, 0.6) is 0 Å². The lowest BCUT2D eigenvalue weighted by atomic mass is 10.1. The van der Waals surface area contributed by atoms with E-state index in [1.807, 2.05) is 0 Å². The normalized spacial score (nSPS) is 11.1. The Morgan fingerprint density at radius 1 is 1.36 bits per heavy atom. The van der Waals surface area contributed by atoms with Gasteiger partial charge in [0.25, 0.3) is 0 Å². The molecular formula is C11H10BrFS. The number of rotatable bonds is 2. The second kappa shape index (κ2) is 3.99. The van der Waals surface area contributed by atoms with Gasteiger partial charge in [0.2, 0.25) is 0 Å². The van der Waals surface area contributed by atoms with Crippen molar-refractivity contribution in [1.29, 1.82) is 0 Å². The maximum absolute atomic E-state index is 13.2. The van der Waals surface area contributed by atoms with Gasteiger partial charge in [-0.15, -0.1) is 11.3 Å². The predicted octanol–water partition coefficient (Wildman–Crippen LogP) is 4.50. The molecule has 0 N–H and O–H groups in total. The Morgan fingerprint density at radius 3 is 2.79 bits per heavy atom. The van der Waals surface area contributed by atoms with Gasteiger partial charge in [0.1, 0.15) is 5.82 Å². The third-order valence-electron chi connectivity index (χ3n) is 2.22. The summed E-state index contributed by atoms with van der Waals surface area (Å²) in [5, 5.41) is 1.87. The van der Waals surface area contributed by atoms with Gasteiger partial charge in [-0.2, -0.15) is 0 Å². The SMILES string of the molecule is CCc1cc(F)cc2cc(CBr)sc12. The van der Waals surface area contributed by atoms with Crippen molar-refractivity contribution >= 4 is 37.4 Å². The van der Waals surface area contributed by atoms with Gasteiger partial charge < -0.3 is 0 Å². The number of hydrogen-bond acceptors (Lipinski definition) is 1. The van der Waals surface area contributed by atoms with E-state index in [0.29, 0.717) is 0 Å². The molecule has 3 heteroatoms. The molecule has 0 radical (unpaired) electrons. The zero-order valence-electron chi connectivity index (χ0n) is 7.81. The quantitative estimate of drug-likeness (QED) is 0.707. The molecule has 0 fully saturated rings. The van der Waals surface area contributed by atoms with E-state index in [1.54, 1.807) is 23.5 Å². The second-order valence-corrected chi connectivity index (χ2v) is 4.88. The fourth-order valence-corrected chi connectivity index (χ4v) is 3.15. The van der Waals surface area contributed by atoms with Gasteiger partial charge in [0.15, 0.2) is 0 Å². The molecule has 0 bridgehead atoms. The van der Waals surface area contributed by atoms with E-state index >= 15 is 0 Å². The molecule has 0 amide bonds. The first-order valence-corrected chi connectivity index (χ1v) is 6.45. The Hall–Kier alpha value is -0.410. The number of benzene rings is 1. The monoisotopic (exact) mass is 272 g/mol. The minimum Gasteiger partial charge on any atom is -0.207 e. The van der Waals surface area contributed by atoms with Crippen LogP contribution in [0, 0.1) is 5.82 Å². The van der Waals surface area contributed by atoms with Crippen LogP contribution in [-0.2, 0) is 11.8 Å². The average Bonchev–Trinajstić information content (AvgIpc) is 2.59. The summed E-state index contributed by atoms with van der Waals surface area (Å²) in [6.07, 6.45) is 0.885. The highest BCUT2D eigenvalue weighted by atomic mass is 79.9. The zero-order valence-corrected chi connectivity index (χ0v) is 10.2. The van der Waals surface area contributed by atoms with E-state index in [-0.39, 0.29) is 5.82 Å². The summed E-state index contributed by atoms with van der Waals surface area (Å²) in [6.45, 7) is 2.06. The van der Waals surface area contributed by atoms with Crippen molar-refractivity contribution in [2.75, 3.05) is 0 Å². The lowest BCUT2D eigenvalue weighted by molar-refractivity contribution is 0.628. The molecule has 14 heavy (non-hydrogen) atoms. The lowest BCUT2D eigenvalue weighted by Crippen LogP contribution is -1.82. The van der Waals surface area contributed by atoms with E-state index < -0.39 is 0 Å². The molecule has 0 aliphatic heterocycles. The number of alkyl halides is 1. The minimum absolute atomic E-state index is 0.131. The first-order valence-electron chi connectivity index (χ1n) is 4.51. The number of thiophene rings is 1. The molecule has 0 aliphatic carbocycles. The van der Waals surface area contributed by atoms with Gasteiger partial charge in [0, 0.05) is 14.9 Å². The van der Waals surface area contributed by atoms with E-state index in [9.17, 15) is 4.39 Å². The molecule has 1 aromatic heterocycles. The lowest BCUT2D eigenvalue weighted by Gasteiger charge is -1.98. The van der Waals surface area contributed by atoms with Gasteiger partial charge in [-0.3, -0.25) is 0 Å². The summed E-state index contributed by atoms with van der Waals surface area (Å²) in [5.74, 6) is -0.131. The third kappa shape index (κ3) is 1.71. The van der Waals surface area contributed by atoms with Crippen LogP contribution in [0.1, 0.15) is 17.4 Å². The largest absolute Gasteiger partial charge is 0.207 e. The summed E-state index contributed by atoms with van der Waals surface area (Å²) >= 11 is 5.16. The van der Waals surface area contributed by atoms with Crippen molar-refractivity contribution in [3.8, 4) is 0 Å². The van der Waals surface area contributed by atoms with Crippen molar-refractivity contribution in [2.24, 2.45) is 0 Å². The number of hydrogen-bond donors (Lipinski definition) is 0. The summed E-state index contributed by atoms with van der Waals surface area (Å²) in [5.41, 5.74) is 1.11. The Labute approximate surface area is 94.9 Å². The van der Waals surface area contributed by atoms with E-state index in [2.05, 4.69) is 28.9 Å². The van der Waals surface area contributed by atoms with Crippen molar-refractivity contribution < 1.29 is 4.39 Å². The molecule has 0 atom stereocenters. The molecular weight excluding hydrogens is 263 g/mol. The highest BCUT2D eigenvalue weighted by Crippen LogP contribution is 2.31. The Morgan fingerprint density at radius 2 is 2.14 bits per heavy atom. The molecule has 0 saturated heterocycles. The molecule has 0 aliphatic rings. The Bertz CT molecular complexity index is 462. The third-order valence-corrected chi connectivity index (χ3v) is 4.42. The molecule has 2 aromatic rings. The summed E-state index contributed by atoms with van der Waals surface area (Å²) in [4.78, 5) is 1.25. The van der Waals surface area contributed by atoms with E-state index in [4.69, 9.17) is 0 Å². The molecule has 2 rings (SSSR count). The Balaban J connectivity index is 2.71. The first kappa shape index (κ1) is 10.1. The maximum Gasteiger partial charge on any atom is 0.124 e. The molecule has 74 valence electrons. The predicted molar refractivity (Wildman–Crippen MR) is 63.8 cm³/mol. The topological polar surface area (TPSA) is 0 Å². The molecule has 1 aromatic carbocycles. The van der Waals surface area contributed by atoms with Crippen LogP contribution in [0.2, 0.25) is 0 Å². The van der Waals surface area contributed by atoms with Gasteiger partial charge in [-0.05, 0) is 35.6 Å². The summed E-state index contributed by atoms with van der Waals surface area (Å²) in [6, 6.07) is 5.30. The fourth-order valence-electron chi connectivity index (χ4n) is 1.57. The number of halogens is 2. The summed E-state index contributed by atoms with van der Waals surface area (Å²) in [7, 11) is 0. The van der Waals surface area contributed by atoms with Gasteiger partial charge in [-0.1, -0.05) is 22.9 Å². The van der Waals surface area contributed by atoms with Crippen LogP contribution in [-0.4, -0.2) is 0 Å². The van der Waals surface area contributed by atoms with Crippen LogP contribution in [0.4, 0.5) is 4.39 Å². The standard InChI is InChI=1S/C11H10BrFS/c1-2-7-3-9(13)4-8-5-10(6-12)14-11(7)8/h3-5H,2,6H2,1H3. The van der Waals surface area contributed by atoms with Crippen LogP contribution in [0.25, 0.3) is 10.1 Å². The van der Waals surface area contributed by atoms with E-state index in [0.717, 1.165) is 22.7 Å². The van der Waals surface area contributed by atoms with Crippen molar-refractivity contribution in [3.63, 3.8) is 0 Å². The van der Waals surface area contributed by atoms with Gasteiger partial charge in [-0.25, -0.2) is 4.39 Å². The van der Waals surface area contributed by atoms with Crippen LogP contribution < -0.4 is 0 Å². The number of fused-ring (bicyclic) bond motifs is 1. The molecule has 0 spiro atoms. The zero-order chi connectivity index (χ0) is 10.1. The highest BCUT2D eigenvalue weighted by molar-refractivity contribution is 9.08. The van der Waals surface area contributed by atoms with Gasteiger partial charge in [0.05, 0.1) is 0 Å². The smallest absolute Gasteiger partial charge is 0.124 e. The van der Waals surface area contributed by atoms with E-state index in [1.165, 1.54) is 9.58 Å². The minimum atomic E-state index is -0.131. The fraction of sp³-hybridized carbons (Fsp3) is 0.273. The number of aryl methyl sites for hydroxylation is 1. The second-order valence-electron chi connectivity index (χ2n) is 3.18. The molecule has 0 nitrogen and oxygen atoms in total. The highest BCUT2D eigenvalue weighted by Gasteiger charge is 2.06. The molecule has 1 heterocycles. The molecule has 0 saturated carbocycles. The van der Waals surface area contributed by atoms with Crippen LogP contribution >= 0.6 is 27.3 Å². The van der Waals surface area contributed by atoms with Crippen LogP contribution in [0.3, 0.4) is 0 Å². The van der Waals surface area contributed by atoms with Crippen molar-refractivity contribution in [2.45, 2.75) is 18.7 Å². The molecule has 0 unspecified atom stereocenters. The average molecular weight is 273 g/mol. The Kier molecular flexibility index (Phi) is 2.88. The first-order chi connectivity index (χ1) is 6.74.